The van der Waals surface area contributed by atoms with E-state index in [4.69, 9.17) is 0 Å². The summed E-state index contributed by atoms with van der Waals surface area (Å²) in [7, 11) is 0. The van der Waals surface area contributed by atoms with Gasteiger partial charge in [0.2, 0.25) is 0 Å². The van der Waals surface area contributed by atoms with Crippen LogP contribution in [0.3, 0.4) is 0 Å². The summed E-state index contributed by atoms with van der Waals surface area (Å²) < 4.78 is 0. The Hall–Kier alpha value is -2.25. The first-order valence-electron chi connectivity index (χ1n) is 8.98. The molecule has 0 aliphatic carbocycles. The Balaban J connectivity index is 1.42. The van der Waals surface area contributed by atoms with E-state index < -0.39 is 0 Å². The van der Waals surface area contributed by atoms with Crippen molar-refractivity contribution in [3.8, 4) is 11.4 Å². The topological polar surface area (TPSA) is 77.2 Å². The van der Waals surface area contributed by atoms with Crippen LogP contribution in [0.5, 0.6) is 0 Å². The molecule has 0 amide bonds. The lowest BCUT2D eigenvalue weighted by atomic mass is 10.1. The molecule has 2 bridgehead atoms. The molecule has 2 N–H and O–H groups in total. The van der Waals surface area contributed by atoms with E-state index in [0.717, 1.165) is 36.6 Å². The third kappa shape index (κ3) is 3.57. The molecular formula is C18H24N6O. The van der Waals surface area contributed by atoms with Gasteiger partial charge in [0, 0.05) is 68.8 Å². The third-order valence-electron chi connectivity index (χ3n) is 5.10. The number of hydrogen-bond acceptors (Lipinski definition) is 6. The number of aromatic amines is 1. The van der Waals surface area contributed by atoms with E-state index >= 15 is 0 Å². The van der Waals surface area contributed by atoms with Crippen LogP contribution in [0.15, 0.2) is 29.2 Å². The van der Waals surface area contributed by atoms with E-state index in [2.05, 4.69) is 30.1 Å². The molecule has 3 aliphatic rings. The van der Waals surface area contributed by atoms with Gasteiger partial charge >= 0.3 is 0 Å². The quantitative estimate of drug-likeness (QED) is 0.839. The number of nitrogens with zero attached hydrogens (tertiary/aromatic N) is 4. The molecule has 7 heteroatoms. The summed E-state index contributed by atoms with van der Waals surface area (Å²) in [6, 6.07) is 5.99. The molecule has 0 saturated carbocycles. The van der Waals surface area contributed by atoms with Gasteiger partial charge in [0.05, 0.1) is 0 Å². The van der Waals surface area contributed by atoms with Gasteiger partial charge in [-0.15, -0.1) is 0 Å². The predicted molar refractivity (Wildman–Crippen MR) is 97.8 cm³/mol. The van der Waals surface area contributed by atoms with Gasteiger partial charge in [0.1, 0.15) is 11.6 Å². The number of nitrogens with one attached hydrogen (secondary N) is 2. The predicted octanol–water partition coefficient (Wildman–Crippen LogP) is 0.806. The van der Waals surface area contributed by atoms with Gasteiger partial charge in [-0.2, -0.15) is 0 Å². The second-order valence-electron chi connectivity index (χ2n) is 6.74. The fourth-order valence-electron chi connectivity index (χ4n) is 3.60. The largest absolute Gasteiger partial charge is 0.368 e. The molecule has 0 spiro atoms. The van der Waals surface area contributed by atoms with Crippen LogP contribution in [-0.2, 0) is 6.42 Å². The highest BCUT2D eigenvalue weighted by atomic mass is 16.1. The zero-order valence-electron chi connectivity index (χ0n) is 14.5. The van der Waals surface area contributed by atoms with Gasteiger partial charge < -0.3 is 10.3 Å². The van der Waals surface area contributed by atoms with Crippen molar-refractivity contribution in [2.24, 2.45) is 0 Å². The van der Waals surface area contributed by atoms with Crippen molar-refractivity contribution in [1.82, 2.24) is 24.8 Å². The maximum atomic E-state index is 11.7. The van der Waals surface area contributed by atoms with Gasteiger partial charge in [-0.1, -0.05) is 6.92 Å². The monoisotopic (exact) mass is 340 g/mol. The van der Waals surface area contributed by atoms with Crippen molar-refractivity contribution in [3.63, 3.8) is 0 Å². The second-order valence-corrected chi connectivity index (χ2v) is 6.74. The van der Waals surface area contributed by atoms with Crippen LogP contribution in [0.1, 0.15) is 12.6 Å². The van der Waals surface area contributed by atoms with Crippen molar-refractivity contribution in [3.05, 3.63) is 40.4 Å². The molecule has 5 rings (SSSR count). The summed E-state index contributed by atoms with van der Waals surface area (Å²) in [6.45, 7) is 8.78. The van der Waals surface area contributed by atoms with Crippen LogP contribution in [-0.4, -0.2) is 70.1 Å². The van der Waals surface area contributed by atoms with Crippen molar-refractivity contribution in [2.75, 3.05) is 44.6 Å². The summed E-state index contributed by atoms with van der Waals surface area (Å²) in [5.41, 5.74) is 1.49. The third-order valence-corrected chi connectivity index (χ3v) is 5.10. The molecule has 1 atom stereocenters. The molecule has 0 aromatic carbocycles. The summed E-state index contributed by atoms with van der Waals surface area (Å²) >= 11 is 0. The molecule has 132 valence electrons. The molecule has 3 saturated heterocycles. The first-order valence-corrected chi connectivity index (χ1v) is 8.98. The molecule has 3 fully saturated rings. The zero-order chi connectivity index (χ0) is 17.2. The molecular weight excluding hydrogens is 316 g/mol. The van der Waals surface area contributed by atoms with Crippen molar-refractivity contribution in [2.45, 2.75) is 19.4 Å². The molecule has 2 aromatic heterocycles. The minimum atomic E-state index is -0.125. The van der Waals surface area contributed by atoms with Gasteiger partial charge in [-0.25, -0.2) is 9.97 Å². The van der Waals surface area contributed by atoms with Crippen LogP contribution in [0.4, 0.5) is 5.82 Å². The standard InChI is InChI=1S/C18H24N6O/c1-2-14-9-17(25)22-18(21-14)13-3-4-16(19-10-13)20-11-15-12-23-5-7-24(15)8-6-23/h3-4,9-10,15H,2,5-8,11-12H2,1H3,(H,19,20)(H,21,22,25). The van der Waals surface area contributed by atoms with Crippen molar-refractivity contribution >= 4 is 5.82 Å². The maximum absolute atomic E-state index is 11.7. The van der Waals surface area contributed by atoms with Crippen molar-refractivity contribution in [1.29, 1.82) is 0 Å². The summed E-state index contributed by atoms with van der Waals surface area (Å²) in [6.07, 6.45) is 2.50. The fraction of sp³-hybridized carbons (Fsp3) is 0.500. The first kappa shape index (κ1) is 16.2. The van der Waals surface area contributed by atoms with E-state index in [-0.39, 0.29) is 5.56 Å². The zero-order valence-corrected chi connectivity index (χ0v) is 14.5. The Morgan fingerprint density at radius 2 is 2.12 bits per heavy atom. The lowest BCUT2D eigenvalue weighted by molar-refractivity contribution is 0.0189. The Kier molecular flexibility index (Phi) is 4.50. The number of pyridine rings is 1. The van der Waals surface area contributed by atoms with Crippen LogP contribution in [0.25, 0.3) is 11.4 Å². The van der Waals surface area contributed by atoms with Gasteiger partial charge in [0.15, 0.2) is 0 Å². The highest BCUT2D eigenvalue weighted by Crippen LogP contribution is 2.18. The van der Waals surface area contributed by atoms with Crippen LogP contribution in [0, 0.1) is 0 Å². The summed E-state index contributed by atoms with van der Waals surface area (Å²) in [4.78, 5) is 28.5. The van der Waals surface area contributed by atoms with Crippen LogP contribution < -0.4 is 10.9 Å². The van der Waals surface area contributed by atoms with E-state index in [0.29, 0.717) is 11.9 Å². The molecule has 1 unspecified atom stereocenters. The maximum Gasteiger partial charge on any atom is 0.251 e. The molecule has 2 aromatic rings. The number of anilines is 1. The number of piperazine rings is 3. The van der Waals surface area contributed by atoms with Gasteiger partial charge in [-0.3, -0.25) is 14.6 Å². The van der Waals surface area contributed by atoms with E-state index in [9.17, 15) is 4.79 Å². The number of hydrogen-bond donors (Lipinski definition) is 2. The first-order chi connectivity index (χ1) is 12.2. The van der Waals surface area contributed by atoms with Gasteiger partial charge in [0.25, 0.3) is 5.56 Å². The van der Waals surface area contributed by atoms with E-state index in [1.165, 1.54) is 32.2 Å². The highest BCUT2D eigenvalue weighted by molar-refractivity contribution is 5.55. The SMILES string of the molecule is CCc1cc(=O)[nH]c(-c2ccc(NCC3CN4CCN3CC4)nc2)n1. The molecule has 0 radical (unpaired) electrons. The summed E-state index contributed by atoms with van der Waals surface area (Å²) in [5, 5.41) is 3.44. The number of fused-ring (bicyclic) bond motifs is 3. The average Bonchev–Trinajstić information content (AvgIpc) is 2.67. The number of aryl methyl sites for hydroxylation is 1. The van der Waals surface area contributed by atoms with Crippen molar-refractivity contribution < 1.29 is 0 Å². The normalized spacial score (nSPS) is 25.1. The average molecular weight is 340 g/mol. The lowest BCUT2D eigenvalue weighted by Crippen LogP contribution is -2.62. The Labute approximate surface area is 147 Å². The number of aromatic nitrogens is 3. The summed E-state index contributed by atoms with van der Waals surface area (Å²) in [5.74, 6) is 1.43. The minimum absolute atomic E-state index is 0.125. The minimum Gasteiger partial charge on any atom is -0.368 e. The molecule has 7 nitrogen and oxygen atoms in total. The van der Waals surface area contributed by atoms with Gasteiger partial charge in [-0.05, 0) is 18.6 Å². The fourth-order valence-corrected chi connectivity index (χ4v) is 3.60. The van der Waals surface area contributed by atoms with E-state index in [1.54, 1.807) is 6.20 Å². The number of H-pyrrole nitrogens is 1. The number of rotatable bonds is 5. The highest BCUT2D eigenvalue weighted by Gasteiger charge is 2.31. The lowest BCUT2D eigenvalue weighted by Gasteiger charge is -2.47. The molecule has 3 aliphatic heterocycles. The Morgan fingerprint density at radius 3 is 2.76 bits per heavy atom. The Bertz CT molecular complexity index is 779. The van der Waals surface area contributed by atoms with Crippen LogP contribution in [0.2, 0.25) is 0 Å². The molecule has 5 heterocycles. The van der Waals surface area contributed by atoms with E-state index in [1.807, 2.05) is 19.1 Å². The molecule has 25 heavy (non-hydrogen) atoms. The second kappa shape index (κ2) is 6.93. The van der Waals surface area contributed by atoms with Crippen LogP contribution >= 0.6 is 0 Å². The Morgan fingerprint density at radius 1 is 1.28 bits per heavy atom. The smallest absolute Gasteiger partial charge is 0.251 e.